The molecule has 0 aromatic heterocycles. The van der Waals surface area contributed by atoms with Gasteiger partial charge in [-0.1, -0.05) is 19.2 Å². The first kappa shape index (κ1) is 11.3. The topological polar surface area (TPSA) is 55.8 Å². The van der Waals surface area contributed by atoms with Crippen LogP contribution < -0.4 is 5.46 Å². The zero-order valence-corrected chi connectivity index (χ0v) is 9.40. The Labute approximate surface area is 99.3 Å². The fourth-order valence-corrected chi connectivity index (χ4v) is 1.57. The predicted octanol–water partition coefficient (Wildman–Crippen LogP) is 1.46. The number of rotatable bonds is 2. The first-order valence-electron chi connectivity index (χ1n) is 5.04. The van der Waals surface area contributed by atoms with Gasteiger partial charge in [-0.05, 0) is 24.6 Å². The molecule has 5 heteroatoms. The highest BCUT2D eigenvalue weighted by atomic mass is 16.6. The summed E-state index contributed by atoms with van der Waals surface area (Å²) in [4.78, 5) is 10.9. The molecule has 0 saturated carbocycles. The third-order valence-electron chi connectivity index (χ3n) is 2.59. The Bertz CT molecular complexity index is 505. The lowest BCUT2D eigenvalue weighted by Gasteiger charge is -2.08. The molecule has 0 atom stereocenters. The van der Waals surface area contributed by atoms with E-state index in [2.05, 4.69) is 13.2 Å². The largest absolute Gasteiger partial charge is 0.633 e. The molecule has 1 fully saturated rings. The van der Waals surface area contributed by atoms with Crippen LogP contribution in [0.1, 0.15) is 15.9 Å². The van der Waals surface area contributed by atoms with Crippen molar-refractivity contribution in [2.45, 2.75) is 6.92 Å². The lowest BCUT2D eigenvalue weighted by atomic mass is 9.76. The molecule has 1 heterocycles. The Morgan fingerprint density at radius 2 is 1.88 bits per heavy atom. The van der Waals surface area contributed by atoms with Crippen LogP contribution in [0.15, 0.2) is 42.9 Å². The Kier molecular flexibility index (Phi) is 2.67. The molecule has 4 nitrogen and oxygen atoms in total. The Balaban J connectivity index is 2.38. The minimum atomic E-state index is -0.984. The second kappa shape index (κ2) is 4.01. The summed E-state index contributed by atoms with van der Waals surface area (Å²) in [6, 6.07) is 4.79. The molecule has 1 saturated heterocycles. The molecule has 1 aliphatic rings. The molecule has 2 rings (SSSR count). The van der Waals surface area contributed by atoms with Crippen molar-refractivity contribution in [3.63, 3.8) is 0 Å². The summed E-state index contributed by atoms with van der Waals surface area (Å²) >= 11 is 0. The van der Waals surface area contributed by atoms with Gasteiger partial charge in [0.15, 0.2) is 0 Å². The van der Waals surface area contributed by atoms with Gasteiger partial charge in [0.1, 0.15) is 11.5 Å². The number of carboxylic acid groups (broad SMARTS) is 1. The summed E-state index contributed by atoms with van der Waals surface area (Å²) in [6.07, 6.45) is 0. The summed E-state index contributed by atoms with van der Waals surface area (Å²) in [6.45, 7) is 9.13. The minimum Gasteiger partial charge on any atom is -0.520 e. The number of aryl methyl sites for hydroxylation is 1. The van der Waals surface area contributed by atoms with Crippen LogP contribution in [0.2, 0.25) is 0 Å². The van der Waals surface area contributed by atoms with Gasteiger partial charge in [-0.15, -0.1) is 0 Å². The van der Waals surface area contributed by atoms with Crippen molar-refractivity contribution < 1.29 is 19.2 Å². The van der Waals surface area contributed by atoms with Crippen LogP contribution in [-0.4, -0.2) is 18.2 Å². The molecule has 86 valence electrons. The van der Waals surface area contributed by atoms with Crippen molar-refractivity contribution in [3.05, 3.63) is 54.0 Å². The minimum absolute atomic E-state index is 0.195. The van der Waals surface area contributed by atoms with E-state index in [-0.39, 0.29) is 5.56 Å². The Morgan fingerprint density at radius 3 is 2.41 bits per heavy atom. The second-order valence-electron chi connectivity index (χ2n) is 3.79. The van der Waals surface area contributed by atoms with Gasteiger partial charge in [-0.25, -0.2) is 4.79 Å². The fraction of sp³-hybridized carbons (Fsp3) is 0.0833. The van der Waals surface area contributed by atoms with Crippen molar-refractivity contribution in [1.82, 2.24) is 0 Å². The summed E-state index contributed by atoms with van der Waals surface area (Å²) in [5.74, 6) is -0.243. The van der Waals surface area contributed by atoms with Crippen molar-refractivity contribution in [3.8, 4) is 0 Å². The van der Waals surface area contributed by atoms with Crippen molar-refractivity contribution in [2.75, 3.05) is 0 Å². The van der Waals surface area contributed by atoms with E-state index in [1.54, 1.807) is 12.1 Å². The van der Waals surface area contributed by atoms with E-state index in [1.807, 2.05) is 6.92 Å². The molecular formula is C12H11BO4. The number of benzene rings is 1. The van der Waals surface area contributed by atoms with E-state index in [0.717, 1.165) is 5.56 Å². The number of hydrogen-bond donors (Lipinski definition) is 1. The van der Waals surface area contributed by atoms with E-state index in [9.17, 15) is 4.79 Å². The zero-order valence-electron chi connectivity index (χ0n) is 9.40. The van der Waals surface area contributed by atoms with Gasteiger partial charge in [0.2, 0.25) is 0 Å². The van der Waals surface area contributed by atoms with Crippen molar-refractivity contribution >= 4 is 18.6 Å². The molecule has 0 unspecified atom stereocenters. The highest BCUT2D eigenvalue weighted by Gasteiger charge is 2.36. The molecule has 0 radical (unpaired) electrons. The number of aromatic carboxylic acids is 1. The summed E-state index contributed by atoms with van der Waals surface area (Å²) in [5, 5.41) is 8.93. The molecule has 0 aliphatic carbocycles. The van der Waals surface area contributed by atoms with Gasteiger partial charge >= 0.3 is 13.1 Å². The molecule has 1 aromatic rings. The van der Waals surface area contributed by atoms with Crippen LogP contribution in [-0.2, 0) is 9.31 Å². The highest BCUT2D eigenvalue weighted by Crippen LogP contribution is 2.21. The third-order valence-corrected chi connectivity index (χ3v) is 2.59. The molecule has 17 heavy (non-hydrogen) atoms. The van der Waals surface area contributed by atoms with Crippen LogP contribution in [0, 0.1) is 6.92 Å². The quantitative estimate of drug-likeness (QED) is 0.781. The molecule has 0 bridgehead atoms. The van der Waals surface area contributed by atoms with Crippen LogP contribution >= 0.6 is 0 Å². The van der Waals surface area contributed by atoms with E-state index in [0.29, 0.717) is 17.0 Å². The third kappa shape index (κ3) is 2.04. The van der Waals surface area contributed by atoms with Crippen molar-refractivity contribution in [2.24, 2.45) is 0 Å². The molecule has 0 spiro atoms. The monoisotopic (exact) mass is 230 g/mol. The standard InChI is InChI=1S/C12H11BO4/c1-7-4-5-10(12(14)15)6-11(7)13-16-8(2)9(3)17-13/h4-6H,2-3H2,1H3,(H,14,15). The SMILES string of the molecule is C=C1OB(c2cc(C(=O)O)ccc2C)OC1=C. The van der Waals surface area contributed by atoms with Gasteiger partial charge in [-0.3, -0.25) is 0 Å². The van der Waals surface area contributed by atoms with Gasteiger partial charge in [0, 0.05) is 5.46 Å². The molecule has 1 aliphatic heterocycles. The van der Waals surface area contributed by atoms with E-state index >= 15 is 0 Å². The maximum Gasteiger partial charge on any atom is 0.633 e. The second-order valence-corrected chi connectivity index (χ2v) is 3.79. The summed E-state index contributed by atoms with van der Waals surface area (Å²) < 4.78 is 10.7. The summed E-state index contributed by atoms with van der Waals surface area (Å²) in [7, 11) is -0.658. The highest BCUT2D eigenvalue weighted by molar-refractivity contribution is 6.63. The average molecular weight is 230 g/mol. The van der Waals surface area contributed by atoms with Gasteiger partial charge in [0.25, 0.3) is 0 Å². The fourth-order valence-electron chi connectivity index (χ4n) is 1.57. The molecule has 0 amide bonds. The maximum absolute atomic E-state index is 10.9. The van der Waals surface area contributed by atoms with E-state index in [1.165, 1.54) is 6.07 Å². The Morgan fingerprint density at radius 1 is 1.29 bits per heavy atom. The molecule has 1 N–H and O–H groups in total. The average Bonchev–Trinajstić information content (AvgIpc) is 2.59. The van der Waals surface area contributed by atoms with Gasteiger partial charge in [-0.2, -0.15) is 0 Å². The first-order chi connectivity index (χ1) is 7.99. The zero-order chi connectivity index (χ0) is 12.6. The lowest BCUT2D eigenvalue weighted by Crippen LogP contribution is -2.34. The van der Waals surface area contributed by atoms with Crippen LogP contribution in [0.3, 0.4) is 0 Å². The van der Waals surface area contributed by atoms with Crippen LogP contribution in [0.5, 0.6) is 0 Å². The first-order valence-corrected chi connectivity index (χ1v) is 5.04. The lowest BCUT2D eigenvalue weighted by molar-refractivity contribution is 0.0697. The predicted molar refractivity (Wildman–Crippen MR) is 64.0 cm³/mol. The number of carbonyl (C=O) groups is 1. The molecular weight excluding hydrogens is 219 g/mol. The normalized spacial score (nSPS) is 14.5. The maximum atomic E-state index is 10.9. The number of hydrogen-bond acceptors (Lipinski definition) is 3. The van der Waals surface area contributed by atoms with Gasteiger partial charge < -0.3 is 14.4 Å². The van der Waals surface area contributed by atoms with Crippen molar-refractivity contribution in [1.29, 1.82) is 0 Å². The molecule has 1 aromatic carbocycles. The van der Waals surface area contributed by atoms with Crippen LogP contribution in [0.4, 0.5) is 0 Å². The van der Waals surface area contributed by atoms with Gasteiger partial charge in [0.05, 0.1) is 5.56 Å². The number of carboxylic acids is 1. The van der Waals surface area contributed by atoms with Crippen LogP contribution in [0.25, 0.3) is 0 Å². The Hall–Kier alpha value is -2.17. The van der Waals surface area contributed by atoms with E-state index in [4.69, 9.17) is 14.4 Å². The smallest absolute Gasteiger partial charge is 0.520 e. The summed E-state index contributed by atoms with van der Waals surface area (Å²) in [5.41, 5.74) is 1.76. The van der Waals surface area contributed by atoms with E-state index < -0.39 is 13.1 Å².